The molecule has 2 rings (SSSR count). The molecule has 0 bridgehead atoms. The van der Waals surface area contributed by atoms with Crippen LogP contribution in [0.2, 0.25) is 0 Å². The van der Waals surface area contributed by atoms with Crippen LogP contribution in [0, 0.1) is 0 Å². The average molecular weight is 208 g/mol. The topological polar surface area (TPSA) is 81.3 Å². The molecule has 1 fully saturated rings. The Hall–Kier alpha value is -1.69. The first-order valence-corrected chi connectivity index (χ1v) is 4.73. The number of morpholine rings is 1. The van der Waals surface area contributed by atoms with E-state index in [0.717, 1.165) is 18.8 Å². The van der Waals surface area contributed by atoms with E-state index in [2.05, 4.69) is 10.2 Å². The van der Waals surface area contributed by atoms with Crippen molar-refractivity contribution in [2.45, 2.75) is 0 Å². The van der Waals surface area contributed by atoms with Gasteiger partial charge in [-0.2, -0.15) is 5.10 Å². The Kier molecular flexibility index (Phi) is 2.77. The number of carbonyl (C=O) groups is 1. The molecule has 1 aliphatic rings. The fourth-order valence-corrected chi connectivity index (χ4v) is 1.56. The largest absolute Gasteiger partial charge is 0.378 e. The number of ether oxygens (including phenoxy) is 1. The third-order valence-corrected chi connectivity index (χ3v) is 2.28. The smallest absolute Gasteiger partial charge is 0.271 e. The third-order valence-electron chi connectivity index (χ3n) is 2.28. The number of nitrogens with zero attached hydrogens (tertiary/aromatic N) is 3. The first-order chi connectivity index (χ1) is 7.29. The molecule has 2 N–H and O–H groups in total. The second-order valence-corrected chi connectivity index (χ2v) is 3.23. The van der Waals surface area contributed by atoms with Crippen LogP contribution in [0.25, 0.3) is 0 Å². The highest BCUT2D eigenvalue weighted by molar-refractivity contribution is 5.96. The van der Waals surface area contributed by atoms with Gasteiger partial charge in [0.15, 0.2) is 5.69 Å². The number of amides is 1. The number of primary amides is 1. The van der Waals surface area contributed by atoms with E-state index < -0.39 is 5.91 Å². The molecule has 0 spiro atoms. The van der Waals surface area contributed by atoms with Gasteiger partial charge in [-0.3, -0.25) is 4.79 Å². The number of anilines is 1. The third kappa shape index (κ3) is 2.04. The number of hydrogen-bond donors (Lipinski definition) is 1. The first kappa shape index (κ1) is 9.85. The number of rotatable bonds is 2. The Bertz CT molecular complexity index is 363. The van der Waals surface area contributed by atoms with Gasteiger partial charge in [0, 0.05) is 13.1 Å². The van der Waals surface area contributed by atoms with Gasteiger partial charge in [0.05, 0.1) is 25.1 Å². The molecular formula is C9H12N4O2. The molecule has 0 aliphatic carbocycles. The molecule has 0 aromatic carbocycles. The Morgan fingerprint density at radius 2 is 2.20 bits per heavy atom. The molecule has 1 aromatic rings. The summed E-state index contributed by atoms with van der Waals surface area (Å²) in [7, 11) is 0. The van der Waals surface area contributed by atoms with Crippen molar-refractivity contribution in [3.05, 3.63) is 18.0 Å². The highest BCUT2D eigenvalue weighted by Gasteiger charge is 2.18. The molecule has 0 saturated carbocycles. The predicted molar refractivity (Wildman–Crippen MR) is 53.6 cm³/mol. The summed E-state index contributed by atoms with van der Waals surface area (Å²) in [5.41, 5.74) is 6.18. The molecule has 1 saturated heterocycles. The maximum atomic E-state index is 11.1. The number of aromatic nitrogens is 2. The van der Waals surface area contributed by atoms with Gasteiger partial charge in [-0.1, -0.05) is 0 Å². The summed E-state index contributed by atoms with van der Waals surface area (Å²) in [6.45, 7) is 2.79. The zero-order valence-electron chi connectivity index (χ0n) is 8.22. The van der Waals surface area contributed by atoms with Gasteiger partial charge in [0.1, 0.15) is 0 Å². The maximum absolute atomic E-state index is 11.1. The van der Waals surface area contributed by atoms with Crippen LogP contribution in [0.1, 0.15) is 10.5 Å². The molecule has 0 atom stereocenters. The van der Waals surface area contributed by atoms with E-state index in [1.807, 2.05) is 4.90 Å². The van der Waals surface area contributed by atoms with Crippen molar-refractivity contribution in [3.63, 3.8) is 0 Å². The minimum Gasteiger partial charge on any atom is -0.378 e. The number of hydrogen-bond acceptors (Lipinski definition) is 5. The van der Waals surface area contributed by atoms with Crippen LogP contribution >= 0.6 is 0 Å². The summed E-state index contributed by atoms with van der Waals surface area (Å²) in [4.78, 5) is 13.2. The molecule has 1 aromatic heterocycles. The van der Waals surface area contributed by atoms with Crippen LogP contribution in [0.5, 0.6) is 0 Å². The Labute approximate surface area is 87.0 Å². The quantitative estimate of drug-likeness (QED) is 0.702. The standard InChI is InChI=1S/C9H12N4O2/c10-9(14)8-7(1-2-11-12-8)13-3-5-15-6-4-13/h1-2H,3-6H2,(H2,10,14). The van der Waals surface area contributed by atoms with Crippen molar-refractivity contribution in [3.8, 4) is 0 Å². The van der Waals surface area contributed by atoms with E-state index in [1.165, 1.54) is 0 Å². The Morgan fingerprint density at radius 3 is 2.87 bits per heavy atom. The second-order valence-electron chi connectivity index (χ2n) is 3.23. The number of nitrogens with two attached hydrogens (primary N) is 1. The molecular weight excluding hydrogens is 196 g/mol. The van der Waals surface area contributed by atoms with E-state index in [1.54, 1.807) is 12.3 Å². The van der Waals surface area contributed by atoms with Gasteiger partial charge < -0.3 is 15.4 Å². The van der Waals surface area contributed by atoms with Crippen molar-refractivity contribution in [2.24, 2.45) is 5.73 Å². The van der Waals surface area contributed by atoms with E-state index in [4.69, 9.17) is 10.5 Å². The monoisotopic (exact) mass is 208 g/mol. The number of carbonyl (C=O) groups excluding carboxylic acids is 1. The second kappa shape index (κ2) is 4.22. The van der Waals surface area contributed by atoms with Gasteiger partial charge in [0.2, 0.25) is 0 Å². The molecule has 0 unspecified atom stereocenters. The molecule has 0 radical (unpaired) electrons. The van der Waals surface area contributed by atoms with E-state index >= 15 is 0 Å². The summed E-state index contributed by atoms with van der Waals surface area (Å²) < 4.78 is 5.23. The minimum absolute atomic E-state index is 0.222. The van der Waals surface area contributed by atoms with Crippen molar-refractivity contribution in [2.75, 3.05) is 31.2 Å². The van der Waals surface area contributed by atoms with Crippen LogP contribution in [-0.4, -0.2) is 42.4 Å². The first-order valence-electron chi connectivity index (χ1n) is 4.73. The van der Waals surface area contributed by atoms with Crippen LogP contribution in [0.3, 0.4) is 0 Å². The summed E-state index contributed by atoms with van der Waals surface area (Å²) in [5, 5.41) is 7.40. The van der Waals surface area contributed by atoms with Gasteiger partial charge >= 0.3 is 0 Å². The van der Waals surface area contributed by atoms with Crippen LogP contribution in [0.4, 0.5) is 5.69 Å². The lowest BCUT2D eigenvalue weighted by Crippen LogP contribution is -2.37. The van der Waals surface area contributed by atoms with Crippen molar-refractivity contribution >= 4 is 11.6 Å². The molecule has 6 nitrogen and oxygen atoms in total. The molecule has 6 heteroatoms. The van der Waals surface area contributed by atoms with Gasteiger partial charge in [-0.15, -0.1) is 5.10 Å². The average Bonchev–Trinajstić information content (AvgIpc) is 2.30. The van der Waals surface area contributed by atoms with E-state index in [9.17, 15) is 4.79 Å². The lowest BCUT2D eigenvalue weighted by atomic mass is 10.2. The molecule has 2 heterocycles. The fraction of sp³-hybridized carbons (Fsp3) is 0.444. The van der Waals surface area contributed by atoms with Crippen molar-refractivity contribution in [1.82, 2.24) is 10.2 Å². The van der Waals surface area contributed by atoms with Gasteiger partial charge in [0.25, 0.3) is 5.91 Å². The van der Waals surface area contributed by atoms with Crippen molar-refractivity contribution in [1.29, 1.82) is 0 Å². The molecule has 15 heavy (non-hydrogen) atoms. The van der Waals surface area contributed by atoms with E-state index in [-0.39, 0.29) is 5.69 Å². The fourth-order valence-electron chi connectivity index (χ4n) is 1.56. The van der Waals surface area contributed by atoms with E-state index in [0.29, 0.717) is 13.2 Å². The Balaban J connectivity index is 2.29. The molecule has 1 aliphatic heterocycles. The van der Waals surface area contributed by atoms with Gasteiger partial charge in [-0.05, 0) is 6.07 Å². The predicted octanol–water partition coefficient (Wildman–Crippen LogP) is -0.588. The van der Waals surface area contributed by atoms with Gasteiger partial charge in [-0.25, -0.2) is 0 Å². The SMILES string of the molecule is NC(=O)c1nnccc1N1CCOCC1. The lowest BCUT2D eigenvalue weighted by molar-refractivity contribution is 0.0992. The van der Waals surface area contributed by atoms with Crippen molar-refractivity contribution < 1.29 is 9.53 Å². The molecule has 80 valence electrons. The zero-order valence-corrected chi connectivity index (χ0v) is 8.22. The van der Waals surface area contributed by atoms with Crippen LogP contribution in [0.15, 0.2) is 12.3 Å². The highest BCUT2D eigenvalue weighted by atomic mass is 16.5. The van der Waals surface area contributed by atoms with Crippen LogP contribution < -0.4 is 10.6 Å². The maximum Gasteiger partial charge on any atom is 0.271 e. The zero-order chi connectivity index (χ0) is 10.7. The summed E-state index contributed by atoms with van der Waals surface area (Å²) in [5.74, 6) is -0.551. The summed E-state index contributed by atoms with van der Waals surface area (Å²) in [6.07, 6.45) is 1.55. The normalized spacial score (nSPS) is 16.4. The lowest BCUT2D eigenvalue weighted by Gasteiger charge is -2.29. The summed E-state index contributed by atoms with van der Waals surface area (Å²) >= 11 is 0. The molecule has 1 amide bonds. The highest BCUT2D eigenvalue weighted by Crippen LogP contribution is 2.17. The Morgan fingerprint density at radius 1 is 1.47 bits per heavy atom. The summed E-state index contributed by atoms with van der Waals surface area (Å²) in [6, 6.07) is 1.75. The minimum atomic E-state index is -0.551. The van der Waals surface area contributed by atoms with Crippen LogP contribution in [-0.2, 0) is 4.74 Å².